The lowest BCUT2D eigenvalue weighted by Gasteiger charge is -2.20. The average molecular weight is 328 g/mol. The Morgan fingerprint density at radius 1 is 1.00 bits per heavy atom. The Hall–Kier alpha value is -2.37. The van der Waals surface area contributed by atoms with E-state index in [9.17, 15) is 0 Å². The predicted molar refractivity (Wildman–Crippen MR) is 101 cm³/mol. The first-order valence-corrected chi connectivity index (χ1v) is 8.48. The molecule has 4 N–H and O–H groups in total. The maximum absolute atomic E-state index is 6.32. The summed E-state index contributed by atoms with van der Waals surface area (Å²) in [5.41, 5.74) is 10.8. The maximum Gasteiger partial charge on any atom is 0.159 e. The Labute approximate surface area is 144 Å². The number of pyridine rings is 1. The fourth-order valence-corrected chi connectivity index (χ4v) is 2.80. The highest BCUT2D eigenvalue weighted by Crippen LogP contribution is 2.30. The van der Waals surface area contributed by atoms with E-state index in [-0.39, 0.29) is 0 Å². The molecule has 0 aliphatic rings. The molecular weight excluding hydrogens is 300 g/mol. The highest BCUT2D eigenvalue weighted by Gasteiger charge is 2.15. The first-order chi connectivity index (χ1) is 11.3. The lowest BCUT2D eigenvalue weighted by molar-refractivity contribution is 0.668. The molecule has 0 amide bonds. The number of nitrogen functional groups attached to an aromatic ring is 1. The van der Waals surface area contributed by atoms with Gasteiger partial charge in [-0.2, -0.15) is 0 Å². The van der Waals surface area contributed by atoms with Crippen LogP contribution in [0.1, 0.15) is 49.5 Å². The van der Waals surface area contributed by atoms with Crippen molar-refractivity contribution in [3.05, 3.63) is 28.8 Å². The minimum absolute atomic E-state index is 0.346. The molecular formula is C18H28N6. The third-order valence-electron chi connectivity index (χ3n) is 4.15. The van der Waals surface area contributed by atoms with Crippen molar-refractivity contribution in [1.82, 2.24) is 15.0 Å². The SMILES string of the molecule is CCC(CC)Nc1nc(C)nc(Nc2c(C)cc(C)nc2C)c1N. The van der Waals surface area contributed by atoms with Crippen LogP contribution in [0.2, 0.25) is 0 Å². The second kappa shape index (κ2) is 7.47. The van der Waals surface area contributed by atoms with E-state index in [1.54, 1.807) is 0 Å². The molecule has 2 rings (SSSR count). The molecule has 6 nitrogen and oxygen atoms in total. The van der Waals surface area contributed by atoms with Crippen molar-refractivity contribution in [3.8, 4) is 0 Å². The van der Waals surface area contributed by atoms with Crippen LogP contribution < -0.4 is 16.4 Å². The summed E-state index contributed by atoms with van der Waals surface area (Å²) in [6, 6.07) is 2.39. The van der Waals surface area contributed by atoms with E-state index >= 15 is 0 Å². The van der Waals surface area contributed by atoms with Gasteiger partial charge in [0, 0.05) is 11.7 Å². The van der Waals surface area contributed by atoms with Crippen LogP contribution >= 0.6 is 0 Å². The van der Waals surface area contributed by atoms with Crippen molar-refractivity contribution in [3.63, 3.8) is 0 Å². The van der Waals surface area contributed by atoms with Gasteiger partial charge < -0.3 is 16.4 Å². The lowest BCUT2D eigenvalue weighted by Crippen LogP contribution is -2.20. The molecule has 0 radical (unpaired) electrons. The number of rotatable bonds is 6. The molecule has 0 bridgehead atoms. The summed E-state index contributed by atoms with van der Waals surface area (Å²) >= 11 is 0. The Morgan fingerprint density at radius 2 is 1.62 bits per heavy atom. The number of hydrogen-bond acceptors (Lipinski definition) is 6. The zero-order valence-corrected chi connectivity index (χ0v) is 15.5. The molecule has 0 saturated heterocycles. The molecule has 0 unspecified atom stereocenters. The summed E-state index contributed by atoms with van der Waals surface area (Å²) in [5.74, 6) is 1.98. The van der Waals surface area contributed by atoms with Crippen molar-refractivity contribution in [2.24, 2.45) is 0 Å². The summed E-state index contributed by atoms with van der Waals surface area (Å²) in [4.78, 5) is 13.5. The number of nitrogens with one attached hydrogen (secondary N) is 2. The van der Waals surface area contributed by atoms with E-state index in [2.05, 4.69) is 46.4 Å². The van der Waals surface area contributed by atoms with Crippen LogP contribution in [-0.4, -0.2) is 21.0 Å². The zero-order valence-electron chi connectivity index (χ0n) is 15.5. The number of aryl methyl sites for hydroxylation is 4. The van der Waals surface area contributed by atoms with Crippen LogP contribution in [0.4, 0.5) is 23.0 Å². The van der Waals surface area contributed by atoms with E-state index < -0.39 is 0 Å². The Morgan fingerprint density at radius 3 is 2.21 bits per heavy atom. The summed E-state index contributed by atoms with van der Waals surface area (Å²) in [6.07, 6.45) is 2.03. The quantitative estimate of drug-likeness (QED) is 0.742. The molecule has 2 aromatic heterocycles. The largest absolute Gasteiger partial charge is 0.393 e. The molecule has 0 aromatic carbocycles. The summed E-state index contributed by atoms with van der Waals surface area (Å²) in [7, 11) is 0. The minimum Gasteiger partial charge on any atom is -0.393 e. The fraction of sp³-hybridized carbons (Fsp3) is 0.500. The Bertz CT molecular complexity index is 699. The summed E-state index contributed by atoms with van der Waals surface area (Å²) in [5, 5.41) is 6.77. The highest BCUT2D eigenvalue weighted by molar-refractivity contribution is 5.79. The molecule has 0 fully saturated rings. The van der Waals surface area contributed by atoms with Gasteiger partial charge in [-0.1, -0.05) is 13.8 Å². The van der Waals surface area contributed by atoms with Crippen LogP contribution in [-0.2, 0) is 0 Å². The molecule has 0 atom stereocenters. The van der Waals surface area contributed by atoms with Gasteiger partial charge in [0.1, 0.15) is 11.5 Å². The Kier molecular flexibility index (Phi) is 5.59. The molecule has 24 heavy (non-hydrogen) atoms. The Balaban J connectivity index is 2.39. The van der Waals surface area contributed by atoms with Crippen LogP contribution in [0.15, 0.2) is 6.07 Å². The standard InChI is InChI=1S/C18H28N6/c1-7-14(8-2)23-17-15(19)18(22-13(6)21-17)24-16-10(3)9-11(4)20-12(16)5/h9,14H,7-8,19H2,1-6H3,(H2,21,22,23,24). The molecule has 0 aliphatic carbocycles. The van der Waals surface area contributed by atoms with Gasteiger partial charge in [-0.25, -0.2) is 9.97 Å². The van der Waals surface area contributed by atoms with Crippen molar-refractivity contribution in [2.75, 3.05) is 16.4 Å². The van der Waals surface area contributed by atoms with E-state index in [0.717, 1.165) is 35.5 Å². The molecule has 2 aromatic rings. The van der Waals surface area contributed by atoms with Crippen LogP contribution in [0, 0.1) is 27.7 Å². The third-order valence-corrected chi connectivity index (χ3v) is 4.15. The van der Waals surface area contributed by atoms with Gasteiger partial charge in [-0.15, -0.1) is 0 Å². The zero-order chi connectivity index (χ0) is 17.9. The number of nitrogens with zero attached hydrogens (tertiary/aromatic N) is 3. The van der Waals surface area contributed by atoms with Gasteiger partial charge in [0.05, 0.1) is 11.4 Å². The van der Waals surface area contributed by atoms with Gasteiger partial charge in [-0.05, 0) is 52.2 Å². The van der Waals surface area contributed by atoms with Crippen LogP contribution in [0.3, 0.4) is 0 Å². The van der Waals surface area contributed by atoms with E-state index in [4.69, 9.17) is 5.73 Å². The molecule has 0 spiro atoms. The second-order valence-electron chi connectivity index (χ2n) is 6.21. The molecule has 0 aliphatic heterocycles. The van der Waals surface area contributed by atoms with Crippen LogP contribution in [0.5, 0.6) is 0 Å². The number of aromatic nitrogens is 3. The van der Waals surface area contributed by atoms with Crippen LogP contribution in [0.25, 0.3) is 0 Å². The van der Waals surface area contributed by atoms with Gasteiger partial charge in [0.25, 0.3) is 0 Å². The summed E-state index contributed by atoms with van der Waals surface area (Å²) < 4.78 is 0. The average Bonchev–Trinajstić information content (AvgIpc) is 2.52. The lowest BCUT2D eigenvalue weighted by atomic mass is 10.1. The third kappa shape index (κ3) is 3.93. The second-order valence-corrected chi connectivity index (χ2v) is 6.21. The predicted octanol–water partition coefficient (Wildman–Crippen LogP) is 4.03. The first-order valence-electron chi connectivity index (χ1n) is 8.48. The van der Waals surface area contributed by atoms with Crippen molar-refractivity contribution in [2.45, 2.75) is 60.4 Å². The molecule has 130 valence electrons. The van der Waals surface area contributed by atoms with Gasteiger partial charge in [0.15, 0.2) is 11.6 Å². The summed E-state index contributed by atoms with van der Waals surface area (Å²) in [6.45, 7) is 12.2. The fourth-order valence-electron chi connectivity index (χ4n) is 2.80. The smallest absolute Gasteiger partial charge is 0.159 e. The molecule has 0 saturated carbocycles. The van der Waals surface area contributed by atoms with Gasteiger partial charge in [0.2, 0.25) is 0 Å². The van der Waals surface area contributed by atoms with E-state index in [0.29, 0.717) is 29.2 Å². The highest BCUT2D eigenvalue weighted by atomic mass is 15.1. The number of anilines is 4. The van der Waals surface area contributed by atoms with E-state index in [1.165, 1.54) is 0 Å². The molecule has 6 heteroatoms. The van der Waals surface area contributed by atoms with Crippen molar-refractivity contribution < 1.29 is 0 Å². The van der Waals surface area contributed by atoms with E-state index in [1.807, 2.05) is 26.8 Å². The molecule has 2 heterocycles. The van der Waals surface area contributed by atoms with Crippen molar-refractivity contribution >= 4 is 23.0 Å². The van der Waals surface area contributed by atoms with Crippen molar-refractivity contribution in [1.29, 1.82) is 0 Å². The number of nitrogens with two attached hydrogens (primary N) is 1. The number of hydrogen-bond donors (Lipinski definition) is 3. The first kappa shape index (κ1) is 18.0. The normalized spacial score (nSPS) is 11.0. The monoisotopic (exact) mass is 328 g/mol. The minimum atomic E-state index is 0.346. The topological polar surface area (TPSA) is 88.8 Å². The van der Waals surface area contributed by atoms with Gasteiger partial charge in [-0.3, -0.25) is 4.98 Å². The van der Waals surface area contributed by atoms with Gasteiger partial charge >= 0.3 is 0 Å². The maximum atomic E-state index is 6.32.